The standard InChI is InChI=1S/C13H24N2O3S/c1-2-3-6-15(7-8-16)12(17)13(11(14)19)4-9-18-10-5-13/h16H,2-10H2,1H3,(H2,14,19). The van der Waals surface area contributed by atoms with Crippen molar-refractivity contribution in [3.05, 3.63) is 0 Å². The molecule has 0 aromatic carbocycles. The third-order valence-corrected chi connectivity index (χ3v) is 4.06. The molecule has 1 fully saturated rings. The molecule has 1 rings (SSSR count). The number of hydrogen-bond acceptors (Lipinski definition) is 4. The lowest BCUT2D eigenvalue weighted by molar-refractivity contribution is -0.143. The zero-order valence-corrected chi connectivity index (χ0v) is 12.4. The molecular formula is C13H24N2O3S. The molecule has 6 heteroatoms. The Morgan fingerprint density at radius 2 is 2.05 bits per heavy atom. The number of nitrogens with zero attached hydrogens (tertiary/aromatic N) is 1. The number of unbranched alkanes of at least 4 members (excludes halogenated alkanes) is 1. The van der Waals surface area contributed by atoms with E-state index >= 15 is 0 Å². The first-order valence-corrected chi connectivity index (χ1v) is 7.27. The molecule has 19 heavy (non-hydrogen) atoms. The van der Waals surface area contributed by atoms with Crippen molar-refractivity contribution in [3.63, 3.8) is 0 Å². The molecule has 0 bridgehead atoms. The number of aliphatic hydroxyl groups excluding tert-OH is 1. The van der Waals surface area contributed by atoms with Crippen LogP contribution in [0.25, 0.3) is 0 Å². The predicted molar refractivity (Wildman–Crippen MR) is 77.8 cm³/mol. The van der Waals surface area contributed by atoms with Crippen LogP contribution in [0.2, 0.25) is 0 Å². The van der Waals surface area contributed by atoms with Crippen LogP contribution in [0, 0.1) is 5.41 Å². The van der Waals surface area contributed by atoms with Crippen LogP contribution in [0.4, 0.5) is 0 Å². The molecule has 0 unspecified atom stereocenters. The van der Waals surface area contributed by atoms with Crippen molar-refractivity contribution in [2.45, 2.75) is 32.6 Å². The molecule has 3 N–H and O–H groups in total. The summed E-state index contributed by atoms with van der Waals surface area (Å²) in [4.78, 5) is 14.7. The van der Waals surface area contributed by atoms with Gasteiger partial charge in [-0.2, -0.15) is 0 Å². The number of carbonyl (C=O) groups is 1. The van der Waals surface area contributed by atoms with Crippen molar-refractivity contribution in [2.75, 3.05) is 32.9 Å². The molecule has 110 valence electrons. The van der Waals surface area contributed by atoms with Crippen molar-refractivity contribution in [2.24, 2.45) is 11.1 Å². The van der Waals surface area contributed by atoms with Crippen LogP contribution in [0.3, 0.4) is 0 Å². The van der Waals surface area contributed by atoms with E-state index in [0.717, 1.165) is 12.8 Å². The Bertz CT molecular complexity index is 317. The highest BCUT2D eigenvalue weighted by Crippen LogP contribution is 2.33. The Morgan fingerprint density at radius 1 is 1.42 bits per heavy atom. The van der Waals surface area contributed by atoms with Gasteiger partial charge in [0.25, 0.3) is 0 Å². The summed E-state index contributed by atoms with van der Waals surface area (Å²) in [7, 11) is 0. The number of carbonyl (C=O) groups excluding carboxylic acids is 1. The highest BCUT2D eigenvalue weighted by Gasteiger charge is 2.45. The minimum atomic E-state index is -0.781. The Morgan fingerprint density at radius 3 is 2.53 bits per heavy atom. The number of amides is 1. The first-order chi connectivity index (χ1) is 9.08. The van der Waals surface area contributed by atoms with Gasteiger partial charge in [-0.1, -0.05) is 25.6 Å². The van der Waals surface area contributed by atoms with E-state index in [2.05, 4.69) is 6.92 Å². The van der Waals surface area contributed by atoms with E-state index in [4.69, 9.17) is 27.8 Å². The molecule has 1 amide bonds. The smallest absolute Gasteiger partial charge is 0.235 e. The Kier molecular flexibility index (Phi) is 6.68. The zero-order valence-electron chi connectivity index (χ0n) is 11.6. The topological polar surface area (TPSA) is 75.8 Å². The molecule has 0 spiro atoms. The lowest BCUT2D eigenvalue weighted by atomic mass is 9.78. The van der Waals surface area contributed by atoms with E-state index in [1.165, 1.54) is 0 Å². The molecule has 0 aliphatic carbocycles. The summed E-state index contributed by atoms with van der Waals surface area (Å²) < 4.78 is 5.31. The van der Waals surface area contributed by atoms with Crippen LogP contribution in [0.15, 0.2) is 0 Å². The third kappa shape index (κ3) is 3.87. The van der Waals surface area contributed by atoms with Gasteiger partial charge in [0.2, 0.25) is 5.91 Å². The van der Waals surface area contributed by atoms with E-state index in [-0.39, 0.29) is 17.5 Å². The average molecular weight is 288 g/mol. The first-order valence-electron chi connectivity index (χ1n) is 6.86. The molecule has 1 aliphatic heterocycles. The Balaban J connectivity index is 2.86. The van der Waals surface area contributed by atoms with Crippen molar-refractivity contribution in [1.82, 2.24) is 4.90 Å². The molecule has 1 aliphatic rings. The van der Waals surface area contributed by atoms with E-state index in [9.17, 15) is 4.79 Å². The molecule has 5 nitrogen and oxygen atoms in total. The van der Waals surface area contributed by atoms with Crippen molar-refractivity contribution < 1.29 is 14.6 Å². The molecule has 0 atom stereocenters. The van der Waals surface area contributed by atoms with E-state index in [1.807, 2.05) is 0 Å². The Labute approximate surface area is 120 Å². The second-order valence-electron chi connectivity index (χ2n) is 4.93. The van der Waals surface area contributed by atoms with Gasteiger partial charge < -0.3 is 20.5 Å². The Hall–Kier alpha value is -0.720. The fourth-order valence-corrected chi connectivity index (χ4v) is 2.66. The summed E-state index contributed by atoms with van der Waals surface area (Å²) >= 11 is 5.13. The maximum Gasteiger partial charge on any atom is 0.235 e. The minimum absolute atomic E-state index is 0.0423. The van der Waals surface area contributed by atoms with Gasteiger partial charge in [-0.05, 0) is 19.3 Å². The van der Waals surface area contributed by atoms with Gasteiger partial charge in [-0.15, -0.1) is 0 Å². The van der Waals surface area contributed by atoms with Gasteiger partial charge in [0, 0.05) is 26.3 Å². The summed E-state index contributed by atoms with van der Waals surface area (Å²) in [5.74, 6) is -0.0502. The summed E-state index contributed by atoms with van der Waals surface area (Å²) in [6.45, 7) is 4.01. The number of rotatable bonds is 7. The van der Waals surface area contributed by atoms with E-state index in [1.54, 1.807) is 4.90 Å². The molecule has 0 radical (unpaired) electrons. The predicted octanol–water partition coefficient (Wildman–Crippen LogP) is 0.690. The SMILES string of the molecule is CCCCN(CCO)C(=O)C1(C(N)=S)CCOCC1. The molecule has 0 aromatic heterocycles. The molecule has 1 saturated heterocycles. The fourth-order valence-electron chi connectivity index (χ4n) is 2.37. The monoisotopic (exact) mass is 288 g/mol. The van der Waals surface area contributed by atoms with Gasteiger partial charge in [0.05, 0.1) is 11.6 Å². The van der Waals surface area contributed by atoms with Gasteiger partial charge in [-0.25, -0.2) is 0 Å². The second kappa shape index (κ2) is 7.77. The van der Waals surface area contributed by atoms with Crippen molar-refractivity contribution in [3.8, 4) is 0 Å². The quantitative estimate of drug-likeness (QED) is 0.674. The van der Waals surface area contributed by atoms with Crippen LogP contribution >= 0.6 is 12.2 Å². The van der Waals surface area contributed by atoms with Crippen LogP contribution in [0.5, 0.6) is 0 Å². The average Bonchev–Trinajstić information content (AvgIpc) is 2.43. The van der Waals surface area contributed by atoms with Crippen LogP contribution < -0.4 is 5.73 Å². The number of hydrogen-bond donors (Lipinski definition) is 2. The first kappa shape index (κ1) is 16.3. The van der Waals surface area contributed by atoms with Gasteiger partial charge in [0.1, 0.15) is 5.41 Å². The molecule has 1 heterocycles. The summed E-state index contributed by atoms with van der Waals surface area (Å²) in [5.41, 5.74) is 5.05. The lowest BCUT2D eigenvalue weighted by Crippen LogP contribution is -2.54. The number of nitrogens with two attached hydrogens (primary N) is 1. The summed E-state index contributed by atoms with van der Waals surface area (Å²) in [6, 6.07) is 0. The maximum absolute atomic E-state index is 12.7. The summed E-state index contributed by atoms with van der Waals surface area (Å²) in [5, 5.41) is 9.12. The van der Waals surface area contributed by atoms with Crippen LogP contribution in [-0.2, 0) is 9.53 Å². The van der Waals surface area contributed by atoms with Crippen LogP contribution in [0.1, 0.15) is 32.6 Å². The third-order valence-electron chi connectivity index (χ3n) is 3.67. The lowest BCUT2D eigenvalue weighted by Gasteiger charge is -2.38. The second-order valence-corrected chi connectivity index (χ2v) is 5.37. The highest BCUT2D eigenvalue weighted by molar-refractivity contribution is 7.80. The van der Waals surface area contributed by atoms with Gasteiger partial charge >= 0.3 is 0 Å². The number of thiocarbonyl (C=S) groups is 1. The molecular weight excluding hydrogens is 264 g/mol. The largest absolute Gasteiger partial charge is 0.395 e. The minimum Gasteiger partial charge on any atom is -0.395 e. The van der Waals surface area contributed by atoms with E-state index in [0.29, 0.717) is 39.1 Å². The van der Waals surface area contributed by atoms with Gasteiger partial charge in [0.15, 0.2) is 0 Å². The fraction of sp³-hybridized carbons (Fsp3) is 0.846. The number of aliphatic hydroxyl groups is 1. The summed E-state index contributed by atoms with van der Waals surface area (Å²) in [6.07, 6.45) is 2.98. The van der Waals surface area contributed by atoms with Gasteiger partial charge in [-0.3, -0.25) is 4.79 Å². The molecule has 0 saturated carbocycles. The van der Waals surface area contributed by atoms with Crippen molar-refractivity contribution in [1.29, 1.82) is 0 Å². The normalized spacial score (nSPS) is 18.0. The highest BCUT2D eigenvalue weighted by atomic mass is 32.1. The maximum atomic E-state index is 12.7. The molecule has 0 aromatic rings. The number of ether oxygens (including phenoxy) is 1. The zero-order chi connectivity index (χ0) is 14.3. The van der Waals surface area contributed by atoms with Crippen LogP contribution in [-0.4, -0.2) is 53.8 Å². The van der Waals surface area contributed by atoms with E-state index < -0.39 is 5.41 Å². The van der Waals surface area contributed by atoms with Crippen molar-refractivity contribution >= 4 is 23.1 Å².